The summed E-state index contributed by atoms with van der Waals surface area (Å²) in [6, 6.07) is 12.2. The number of hydrogen-bond donors (Lipinski definition) is 1. The zero-order valence-corrected chi connectivity index (χ0v) is 16.6. The normalized spacial score (nSPS) is 10.7. The third kappa shape index (κ3) is 3.37. The van der Waals surface area contributed by atoms with E-state index in [1.807, 2.05) is 50.7 Å². The Morgan fingerprint density at radius 1 is 1.12 bits per heavy atom. The average molecular weight is 369 g/mol. The van der Waals surface area contributed by atoms with Gasteiger partial charge in [0, 0.05) is 24.7 Å². The number of ether oxygens (including phenoxy) is 1. The van der Waals surface area contributed by atoms with E-state index in [0.29, 0.717) is 0 Å². The maximum Gasteiger partial charge on any atom is 0.166 e. The molecule has 0 saturated heterocycles. The minimum Gasteiger partial charge on any atom is -0.497 e. The van der Waals surface area contributed by atoms with Crippen LogP contribution in [-0.4, -0.2) is 21.9 Å². The summed E-state index contributed by atoms with van der Waals surface area (Å²) >= 11 is 1.69. The van der Waals surface area contributed by atoms with Gasteiger partial charge in [-0.15, -0.1) is 11.3 Å². The molecule has 0 amide bonds. The van der Waals surface area contributed by atoms with Crippen LogP contribution in [0.4, 0.5) is 5.82 Å². The van der Waals surface area contributed by atoms with Crippen LogP contribution in [-0.2, 0) is 13.6 Å². The van der Waals surface area contributed by atoms with Gasteiger partial charge in [-0.05, 0) is 36.8 Å². The predicted molar refractivity (Wildman–Crippen MR) is 110 cm³/mol. The van der Waals surface area contributed by atoms with Crippen molar-refractivity contribution in [2.75, 3.05) is 12.4 Å². The number of methoxy groups -OCH3 is 1. The Labute approximate surface area is 157 Å². The Morgan fingerprint density at radius 2 is 1.85 bits per heavy atom. The molecule has 5 nitrogen and oxygen atoms in total. The van der Waals surface area contributed by atoms with Crippen molar-refractivity contribution in [3.8, 4) is 5.75 Å². The van der Waals surface area contributed by atoms with Gasteiger partial charge in [0.15, 0.2) is 5.82 Å². The van der Waals surface area contributed by atoms with Crippen LogP contribution in [0.25, 0.3) is 20.4 Å². The third-order valence-electron chi connectivity index (χ3n) is 4.08. The lowest BCUT2D eigenvalue weighted by atomic mass is 10.2. The fourth-order valence-electron chi connectivity index (χ4n) is 2.83. The Bertz CT molecular complexity index is 1020. The van der Waals surface area contributed by atoms with E-state index in [4.69, 9.17) is 4.74 Å². The molecule has 0 radical (unpaired) electrons. The summed E-state index contributed by atoms with van der Waals surface area (Å²) in [6.45, 7) is 6.74. The van der Waals surface area contributed by atoms with E-state index in [2.05, 4.69) is 33.6 Å². The first-order valence-electron chi connectivity index (χ1n) is 8.75. The standard InChI is InChI=1S/C18H18N4OS.C2H6/c1-11-4-9-14-15-16(24-18(14)20-11)17(21-22(15)2)19-10-12-5-7-13(23-3)8-6-12;1-2/h4-9H,10H2,1-3H3,(H,19,21);1-2H3. The quantitative estimate of drug-likeness (QED) is 0.542. The van der Waals surface area contributed by atoms with Gasteiger partial charge in [0.25, 0.3) is 0 Å². The minimum absolute atomic E-state index is 0.719. The molecule has 0 fully saturated rings. The Kier molecular flexibility index (Phi) is 5.42. The molecule has 3 heterocycles. The molecule has 0 spiro atoms. The van der Waals surface area contributed by atoms with Gasteiger partial charge in [-0.1, -0.05) is 26.0 Å². The number of aryl methyl sites for hydroxylation is 2. The van der Waals surface area contributed by atoms with E-state index in [0.717, 1.165) is 44.2 Å². The van der Waals surface area contributed by atoms with E-state index >= 15 is 0 Å². The van der Waals surface area contributed by atoms with E-state index in [9.17, 15) is 0 Å². The summed E-state index contributed by atoms with van der Waals surface area (Å²) in [5, 5.41) is 9.24. The summed E-state index contributed by atoms with van der Waals surface area (Å²) in [6.07, 6.45) is 0. The average Bonchev–Trinajstić information content (AvgIpc) is 3.19. The molecule has 26 heavy (non-hydrogen) atoms. The molecule has 3 aromatic heterocycles. The molecule has 0 saturated carbocycles. The second-order valence-electron chi connectivity index (χ2n) is 5.76. The molecule has 0 aliphatic carbocycles. The smallest absolute Gasteiger partial charge is 0.166 e. The van der Waals surface area contributed by atoms with E-state index < -0.39 is 0 Å². The van der Waals surface area contributed by atoms with Gasteiger partial charge >= 0.3 is 0 Å². The zero-order valence-electron chi connectivity index (χ0n) is 15.8. The number of anilines is 1. The summed E-state index contributed by atoms with van der Waals surface area (Å²) in [5.74, 6) is 1.77. The minimum atomic E-state index is 0.719. The van der Waals surface area contributed by atoms with Crippen molar-refractivity contribution in [2.24, 2.45) is 7.05 Å². The lowest BCUT2D eigenvalue weighted by molar-refractivity contribution is 0.414. The molecule has 0 aliphatic rings. The molecule has 0 atom stereocenters. The van der Waals surface area contributed by atoms with Crippen LogP contribution in [0, 0.1) is 6.92 Å². The number of thiophene rings is 1. The first-order valence-corrected chi connectivity index (χ1v) is 9.57. The highest BCUT2D eigenvalue weighted by atomic mass is 32.1. The molecule has 6 heteroatoms. The van der Waals surface area contributed by atoms with Crippen LogP contribution < -0.4 is 10.1 Å². The number of pyridine rings is 1. The second-order valence-corrected chi connectivity index (χ2v) is 6.76. The highest BCUT2D eigenvalue weighted by Gasteiger charge is 2.15. The molecule has 4 aromatic rings. The number of aromatic nitrogens is 3. The molecular formula is C20H24N4OS. The van der Waals surface area contributed by atoms with Crippen molar-refractivity contribution < 1.29 is 4.74 Å². The molecule has 0 aliphatic heterocycles. The van der Waals surface area contributed by atoms with Gasteiger partial charge in [0.05, 0.1) is 17.3 Å². The first kappa shape index (κ1) is 18.2. The van der Waals surface area contributed by atoms with E-state index in [-0.39, 0.29) is 0 Å². The number of nitrogens with zero attached hydrogens (tertiary/aromatic N) is 3. The van der Waals surface area contributed by atoms with Crippen molar-refractivity contribution >= 4 is 37.6 Å². The van der Waals surface area contributed by atoms with Crippen LogP contribution in [0.1, 0.15) is 25.1 Å². The molecule has 136 valence electrons. The van der Waals surface area contributed by atoms with Crippen molar-refractivity contribution in [2.45, 2.75) is 27.3 Å². The Balaban J connectivity index is 0.000000948. The number of hydrogen-bond acceptors (Lipinski definition) is 5. The van der Waals surface area contributed by atoms with Gasteiger partial charge in [0.2, 0.25) is 0 Å². The summed E-state index contributed by atoms with van der Waals surface area (Å²) in [4.78, 5) is 5.70. The van der Waals surface area contributed by atoms with Crippen molar-refractivity contribution in [1.82, 2.24) is 14.8 Å². The van der Waals surface area contributed by atoms with Crippen LogP contribution in [0.2, 0.25) is 0 Å². The largest absolute Gasteiger partial charge is 0.497 e. The summed E-state index contributed by atoms with van der Waals surface area (Å²) in [5.41, 5.74) is 3.36. The van der Waals surface area contributed by atoms with Crippen LogP contribution >= 0.6 is 11.3 Å². The van der Waals surface area contributed by atoms with Crippen LogP contribution in [0.15, 0.2) is 36.4 Å². The van der Waals surface area contributed by atoms with Crippen molar-refractivity contribution in [1.29, 1.82) is 0 Å². The topological polar surface area (TPSA) is 52.0 Å². The van der Waals surface area contributed by atoms with E-state index in [1.165, 1.54) is 5.56 Å². The molecule has 1 aromatic carbocycles. The van der Waals surface area contributed by atoms with Crippen LogP contribution in [0.3, 0.4) is 0 Å². The maximum absolute atomic E-state index is 5.19. The second kappa shape index (κ2) is 7.74. The monoisotopic (exact) mass is 368 g/mol. The molecule has 1 N–H and O–H groups in total. The van der Waals surface area contributed by atoms with Crippen molar-refractivity contribution in [3.63, 3.8) is 0 Å². The summed E-state index contributed by atoms with van der Waals surface area (Å²) < 4.78 is 8.28. The highest BCUT2D eigenvalue weighted by molar-refractivity contribution is 7.26. The van der Waals surface area contributed by atoms with Gasteiger partial charge in [-0.3, -0.25) is 4.68 Å². The lowest BCUT2D eigenvalue weighted by Gasteiger charge is -2.05. The molecule has 0 bridgehead atoms. The fourth-order valence-corrected chi connectivity index (χ4v) is 4.04. The first-order chi connectivity index (χ1) is 12.7. The predicted octanol–water partition coefficient (Wildman–Crippen LogP) is 5.14. The van der Waals surface area contributed by atoms with Gasteiger partial charge in [0.1, 0.15) is 10.6 Å². The van der Waals surface area contributed by atoms with Crippen molar-refractivity contribution in [3.05, 3.63) is 47.7 Å². The van der Waals surface area contributed by atoms with Gasteiger partial charge in [-0.2, -0.15) is 5.10 Å². The van der Waals surface area contributed by atoms with Gasteiger partial charge in [-0.25, -0.2) is 4.98 Å². The number of nitrogens with one attached hydrogen (secondary N) is 1. The third-order valence-corrected chi connectivity index (χ3v) is 5.17. The molecular weight excluding hydrogens is 344 g/mol. The zero-order chi connectivity index (χ0) is 18.7. The van der Waals surface area contributed by atoms with Crippen LogP contribution in [0.5, 0.6) is 5.75 Å². The molecule has 4 rings (SSSR count). The van der Waals surface area contributed by atoms with Gasteiger partial charge < -0.3 is 10.1 Å². The maximum atomic E-state index is 5.19. The number of rotatable bonds is 4. The lowest BCUT2D eigenvalue weighted by Crippen LogP contribution is -2.01. The van der Waals surface area contributed by atoms with E-state index in [1.54, 1.807) is 18.4 Å². The Morgan fingerprint density at radius 3 is 2.54 bits per heavy atom. The highest BCUT2D eigenvalue weighted by Crippen LogP contribution is 2.37. The Hall–Kier alpha value is -2.60. The summed E-state index contributed by atoms with van der Waals surface area (Å²) in [7, 11) is 3.65. The molecule has 0 unspecified atom stereocenters. The number of fused-ring (bicyclic) bond motifs is 3. The fraction of sp³-hybridized carbons (Fsp3) is 0.300. The number of benzene rings is 1. The SMILES string of the molecule is CC.COc1ccc(CNc2nn(C)c3c2sc2nc(C)ccc23)cc1.